The molecule has 0 unspecified atom stereocenters. The van der Waals surface area contributed by atoms with E-state index in [-0.39, 0.29) is 4.47 Å². The summed E-state index contributed by atoms with van der Waals surface area (Å²) in [5, 5.41) is 8.91. The number of benzene rings is 2. The summed E-state index contributed by atoms with van der Waals surface area (Å²) < 4.78 is 102. The SMILES string of the molecule is Fc1cc(Br)ccc1OC(F)(F)F.Oc1c(Br)ccc(OC(F)(F)F)c1F. The van der Waals surface area contributed by atoms with Crippen molar-refractivity contribution in [1.82, 2.24) is 0 Å². The van der Waals surface area contributed by atoms with E-state index >= 15 is 0 Å². The van der Waals surface area contributed by atoms with Gasteiger partial charge in [-0.1, -0.05) is 15.9 Å². The van der Waals surface area contributed by atoms with Gasteiger partial charge in [0.2, 0.25) is 5.82 Å². The molecule has 3 nitrogen and oxygen atoms in total. The Balaban J connectivity index is 0.000000271. The minimum absolute atomic E-state index is 0.0514. The van der Waals surface area contributed by atoms with Crippen LogP contribution in [0.15, 0.2) is 39.3 Å². The summed E-state index contributed by atoms with van der Waals surface area (Å²) in [6.07, 6.45) is -9.85. The fraction of sp³-hybridized carbons (Fsp3) is 0.143. The standard InChI is InChI=1S/C7H3BrF4O2.C7H3BrF4O/c8-3-1-2-4(5(9)6(3)13)14-7(10,11)12;8-4-1-2-6(5(9)3-4)13-7(10,11)12/h1-2,13H;1-3H. The van der Waals surface area contributed by atoms with Crippen LogP contribution >= 0.6 is 31.9 Å². The Hall–Kier alpha value is -1.76. The van der Waals surface area contributed by atoms with Gasteiger partial charge in [0.15, 0.2) is 23.1 Å². The molecule has 0 amide bonds. The number of rotatable bonds is 2. The van der Waals surface area contributed by atoms with E-state index in [0.29, 0.717) is 4.47 Å². The Morgan fingerprint density at radius 3 is 1.74 bits per heavy atom. The molecule has 2 aromatic rings. The molecular weight excluding hydrogens is 528 g/mol. The van der Waals surface area contributed by atoms with Crippen LogP contribution in [-0.4, -0.2) is 17.8 Å². The van der Waals surface area contributed by atoms with Gasteiger partial charge in [0.25, 0.3) is 0 Å². The van der Waals surface area contributed by atoms with Crippen molar-refractivity contribution in [2.45, 2.75) is 12.7 Å². The first-order chi connectivity index (χ1) is 12.2. The van der Waals surface area contributed by atoms with Crippen LogP contribution in [0.2, 0.25) is 0 Å². The number of ether oxygens (including phenoxy) is 2. The molecule has 0 aliphatic carbocycles. The second-order valence-electron chi connectivity index (χ2n) is 4.38. The minimum Gasteiger partial charge on any atom is -0.504 e. The number of hydrogen-bond donors (Lipinski definition) is 1. The van der Waals surface area contributed by atoms with Crippen LogP contribution in [0, 0.1) is 11.6 Å². The monoisotopic (exact) mass is 532 g/mol. The van der Waals surface area contributed by atoms with Crippen LogP contribution in [0.1, 0.15) is 0 Å². The van der Waals surface area contributed by atoms with E-state index in [1.54, 1.807) is 0 Å². The van der Waals surface area contributed by atoms with Gasteiger partial charge in [-0.25, -0.2) is 4.39 Å². The van der Waals surface area contributed by atoms with Crippen molar-refractivity contribution in [2.24, 2.45) is 0 Å². The Labute approximate surface area is 162 Å². The van der Waals surface area contributed by atoms with Gasteiger partial charge in [-0.15, -0.1) is 26.3 Å². The number of phenols is 1. The lowest BCUT2D eigenvalue weighted by molar-refractivity contribution is -0.276. The summed E-state index contributed by atoms with van der Waals surface area (Å²) in [7, 11) is 0. The van der Waals surface area contributed by atoms with Crippen LogP contribution in [0.5, 0.6) is 17.2 Å². The van der Waals surface area contributed by atoms with E-state index in [1.807, 2.05) is 0 Å². The zero-order chi connectivity index (χ0) is 21.0. The van der Waals surface area contributed by atoms with Crippen LogP contribution < -0.4 is 9.47 Å². The number of phenolic OH excluding ortho intramolecular Hbond substituents is 1. The third-order valence-electron chi connectivity index (χ3n) is 2.38. The highest BCUT2D eigenvalue weighted by atomic mass is 79.9. The summed E-state index contributed by atoms with van der Waals surface area (Å²) in [4.78, 5) is 0. The minimum atomic E-state index is -4.99. The third kappa shape index (κ3) is 8.20. The third-order valence-corrected chi connectivity index (χ3v) is 3.51. The van der Waals surface area contributed by atoms with Gasteiger partial charge in [-0.2, -0.15) is 4.39 Å². The zero-order valence-corrected chi connectivity index (χ0v) is 15.6. The lowest BCUT2D eigenvalue weighted by Crippen LogP contribution is -2.17. The number of halogens is 10. The first-order valence-corrected chi connectivity index (χ1v) is 7.91. The van der Waals surface area contributed by atoms with Gasteiger partial charge in [-0.3, -0.25) is 0 Å². The van der Waals surface area contributed by atoms with Crippen molar-refractivity contribution in [2.75, 3.05) is 0 Å². The average Bonchev–Trinajstić information content (AvgIpc) is 2.49. The summed E-state index contributed by atoms with van der Waals surface area (Å²) in [6.45, 7) is 0. The maximum absolute atomic E-state index is 12.9. The van der Waals surface area contributed by atoms with Crippen LogP contribution in [-0.2, 0) is 0 Å². The number of hydrogen-bond acceptors (Lipinski definition) is 3. The second kappa shape index (κ2) is 8.95. The van der Waals surface area contributed by atoms with Gasteiger partial charge in [-0.05, 0) is 46.3 Å². The smallest absolute Gasteiger partial charge is 0.504 e. The molecule has 0 bridgehead atoms. The molecule has 0 aliphatic rings. The van der Waals surface area contributed by atoms with Gasteiger partial charge in [0.1, 0.15) is 0 Å². The predicted octanol–water partition coefficient (Wildman–Crippen LogP) is 6.68. The Morgan fingerprint density at radius 2 is 1.26 bits per heavy atom. The fourth-order valence-corrected chi connectivity index (χ4v) is 2.05. The Kier molecular flexibility index (Phi) is 7.72. The molecule has 0 aromatic heterocycles. The highest BCUT2D eigenvalue weighted by molar-refractivity contribution is 9.10. The molecule has 0 spiro atoms. The van der Waals surface area contributed by atoms with Gasteiger partial charge < -0.3 is 14.6 Å². The molecule has 0 atom stereocenters. The predicted molar refractivity (Wildman–Crippen MR) is 83.2 cm³/mol. The van der Waals surface area contributed by atoms with Gasteiger partial charge >= 0.3 is 12.7 Å². The first-order valence-electron chi connectivity index (χ1n) is 6.33. The normalized spacial score (nSPS) is 11.5. The summed E-state index contributed by atoms with van der Waals surface area (Å²) in [5.41, 5.74) is 0. The maximum Gasteiger partial charge on any atom is 0.573 e. The van der Waals surface area contributed by atoms with Crippen molar-refractivity contribution in [1.29, 1.82) is 0 Å². The Bertz CT molecular complexity index is 793. The molecule has 0 aliphatic heterocycles. The second-order valence-corrected chi connectivity index (χ2v) is 6.15. The molecule has 13 heteroatoms. The van der Waals surface area contributed by atoms with E-state index in [4.69, 9.17) is 5.11 Å². The highest BCUT2D eigenvalue weighted by Gasteiger charge is 2.33. The molecule has 1 N–H and O–H groups in total. The zero-order valence-electron chi connectivity index (χ0n) is 12.4. The number of aromatic hydroxyl groups is 1. The van der Waals surface area contributed by atoms with Crippen LogP contribution in [0.4, 0.5) is 35.1 Å². The Morgan fingerprint density at radius 1 is 0.778 bits per heavy atom. The molecular formula is C14H6Br2F8O3. The molecule has 0 radical (unpaired) electrons. The van der Waals surface area contributed by atoms with E-state index in [9.17, 15) is 35.1 Å². The van der Waals surface area contributed by atoms with E-state index in [0.717, 1.165) is 24.3 Å². The van der Waals surface area contributed by atoms with Crippen LogP contribution in [0.3, 0.4) is 0 Å². The van der Waals surface area contributed by atoms with Gasteiger partial charge in [0, 0.05) is 4.47 Å². The summed E-state index contributed by atoms with van der Waals surface area (Å²) in [5.74, 6) is -5.36. The first kappa shape index (κ1) is 23.3. The van der Waals surface area contributed by atoms with Crippen molar-refractivity contribution in [3.63, 3.8) is 0 Å². The summed E-state index contributed by atoms with van der Waals surface area (Å²) in [6, 6.07) is 4.84. The average molecular weight is 534 g/mol. The van der Waals surface area contributed by atoms with Gasteiger partial charge in [0.05, 0.1) is 4.47 Å². The highest BCUT2D eigenvalue weighted by Crippen LogP contribution is 2.35. The molecule has 0 fully saturated rings. The largest absolute Gasteiger partial charge is 0.573 e. The molecule has 2 aromatic carbocycles. The maximum atomic E-state index is 12.9. The van der Waals surface area contributed by atoms with Crippen molar-refractivity contribution >= 4 is 31.9 Å². The molecule has 0 heterocycles. The molecule has 2 rings (SSSR count). The van der Waals surface area contributed by atoms with Crippen LogP contribution in [0.25, 0.3) is 0 Å². The number of alkyl halides is 6. The van der Waals surface area contributed by atoms with Crippen molar-refractivity contribution < 1.29 is 49.7 Å². The summed E-state index contributed by atoms with van der Waals surface area (Å²) >= 11 is 5.63. The van der Waals surface area contributed by atoms with E-state index in [1.165, 1.54) is 6.07 Å². The quantitative estimate of drug-likeness (QED) is 0.438. The molecule has 0 saturated carbocycles. The lowest BCUT2D eigenvalue weighted by Gasteiger charge is -2.10. The van der Waals surface area contributed by atoms with Crippen molar-refractivity contribution in [3.8, 4) is 17.2 Å². The topological polar surface area (TPSA) is 38.7 Å². The van der Waals surface area contributed by atoms with Crippen molar-refractivity contribution in [3.05, 3.63) is 50.9 Å². The molecule has 0 saturated heterocycles. The molecule has 150 valence electrons. The fourth-order valence-electron chi connectivity index (χ4n) is 1.41. The lowest BCUT2D eigenvalue weighted by atomic mass is 10.3. The van der Waals surface area contributed by atoms with E-state index in [2.05, 4.69) is 41.3 Å². The molecule has 27 heavy (non-hydrogen) atoms. The van der Waals surface area contributed by atoms with E-state index < -0.39 is 41.6 Å².